The minimum Gasteiger partial charge on any atom is -0.293 e. The predicted molar refractivity (Wildman–Crippen MR) is 48.1 cm³/mol. The smallest absolute Gasteiger partial charge is 0.181 e. The average molecular weight is 222 g/mol. The molecule has 0 atom stereocenters. The van der Waals surface area contributed by atoms with Crippen molar-refractivity contribution in [3.63, 3.8) is 0 Å². The van der Waals surface area contributed by atoms with Gasteiger partial charge in [-0.25, -0.2) is 0 Å². The predicted octanol–water partition coefficient (Wildman–Crippen LogP) is 2.21. The van der Waals surface area contributed by atoms with Gasteiger partial charge in [0, 0.05) is 10.2 Å². The van der Waals surface area contributed by atoms with Gasteiger partial charge in [-0.2, -0.15) is 10.5 Å². The molecule has 4 heteroatoms. The number of anilines is 1. The summed E-state index contributed by atoms with van der Waals surface area (Å²) in [6.07, 6.45) is 1.79. The Balaban J connectivity index is 3.06. The number of hydrogen-bond acceptors (Lipinski definition) is 3. The first-order valence-corrected chi connectivity index (χ1v) is 3.92. The minimum absolute atomic E-state index is 0.554. The Bertz CT molecular complexity index is 373. The van der Waals surface area contributed by atoms with E-state index in [1.807, 2.05) is 6.07 Å². The molecule has 3 nitrogen and oxygen atoms in total. The van der Waals surface area contributed by atoms with Gasteiger partial charge < -0.3 is 0 Å². The maximum absolute atomic E-state index is 8.57. The van der Waals surface area contributed by atoms with E-state index < -0.39 is 0 Å². The Kier molecular flexibility index (Phi) is 2.68. The van der Waals surface area contributed by atoms with E-state index in [1.165, 1.54) is 0 Å². The molecule has 0 saturated carbocycles. The molecule has 0 fully saturated rings. The van der Waals surface area contributed by atoms with Gasteiger partial charge in [0.05, 0.1) is 5.56 Å². The van der Waals surface area contributed by atoms with Gasteiger partial charge in [-0.15, -0.1) is 0 Å². The van der Waals surface area contributed by atoms with Crippen molar-refractivity contribution >= 4 is 21.6 Å². The standard InChI is InChI=1S/C8H4BrN3/c9-8-3-7(12-5-11)2-1-6(8)4-10/h1-3,12H. The number of rotatable bonds is 1. The van der Waals surface area contributed by atoms with E-state index in [0.29, 0.717) is 15.7 Å². The summed E-state index contributed by atoms with van der Waals surface area (Å²) in [7, 11) is 0. The lowest BCUT2D eigenvalue weighted by molar-refractivity contribution is 1.44. The molecule has 1 aromatic carbocycles. The second kappa shape index (κ2) is 3.75. The highest BCUT2D eigenvalue weighted by molar-refractivity contribution is 9.10. The maximum Gasteiger partial charge on any atom is 0.181 e. The van der Waals surface area contributed by atoms with Crippen molar-refractivity contribution in [3.8, 4) is 12.3 Å². The highest BCUT2D eigenvalue weighted by atomic mass is 79.9. The molecule has 0 bridgehead atoms. The number of halogens is 1. The Morgan fingerprint density at radius 3 is 2.58 bits per heavy atom. The summed E-state index contributed by atoms with van der Waals surface area (Å²) in [6, 6.07) is 7.01. The van der Waals surface area contributed by atoms with Gasteiger partial charge in [-0.3, -0.25) is 5.32 Å². The lowest BCUT2D eigenvalue weighted by Gasteiger charge is -1.98. The number of nitrogens with one attached hydrogen (secondary N) is 1. The number of hydrogen-bond donors (Lipinski definition) is 1. The van der Waals surface area contributed by atoms with Crippen LogP contribution in [0.15, 0.2) is 22.7 Å². The fraction of sp³-hybridized carbons (Fsp3) is 0. The summed E-state index contributed by atoms with van der Waals surface area (Å²) in [4.78, 5) is 0. The van der Waals surface area contributed by atoms with Crippen LogP contribution in [0, 0.1) is 22.8 Å². The highest BCUT2D eigenvalue weighted by Gasteiger charge is 1.98. The molecule has 0 aliphatic heterocycles. The van der Waals surface area contributed by atoms with Crippen LogP contribution in [0.5, 0.6) is 0 Å². The molecular weight excluding hydrogens is 218 g/mol. The molecule has 1 N–H and O–H groups in total. The molecule has 0 unspecified atom stereocenters. The Hall–Kier alpha value is -1.52. The Morgan fingerprint density at radius 1 is 1.33 bits per heavy atom. The maximum atomic E-state index is 8.57. The fourth-order valence-electron chi connectivity index (χ4n) is 0.748. The fourth-order valence-corrected chi connectivity index (χ4v) is 1.22. The summed E-state index contributed by atoms with van der Waals surface area (Å²) >= 11 is 3.21. The summed E-state index contributed by atoms with van der Waals surface area (Å²) in [5.74, 6) is 0. The zero-order valence-electron chi connectivity index (χ0n) is 6.00. The van der Waals surface area contributed by atoms with Crippen LogP contribution in [-0.4, -0.2) is 0 Å². The van der Waals surface area contributed by atoms with Crippen LogP contribution in [0.1, 0.15) is 5.56 Å². The topological polar surface area (TPSA) is 59.6 Å². The van der Waals surface area contributed by atoms with E-state index in [2.05, 4.69) is 21.2 Å². The van der Waals surface area contributed by atoms with Crippen LogP contribution in [0.25, 0.3) is 0 Å². The number of nitrogens with zero attached hydrogens (tertiary/aromatic N) is 2. The van der Waals surface area contributed by atoms with E-state index >= 15 is 0 Å². The van der Waals surface area contributed by atoms with Crippen LogP contribution in [0.4, 0.5) is 5.69 Å². The Morgan fingerprint density at radius 2 is 2.08 bits per heavy atom. The van der Waals surface area contributed by atoms with Crippen LogP contribution in [0.2, 0.25) is 0 Å². The third-order valence-electron chi connectivity index (χ3n) is 1.29. The van der Waals surface area contributed by atoms with Crippen molar-refractivity contribution in [2.24, 2.45) is 0 Å². The average Bonchev–Trinajstić information content (AvgIpc) is 2.05. The number of nitriles is 2. The van der Waals surface area contributed by atoms with Crippen molar-refractivity contribution in [1.29, 1.82) is 10.5 Å². The molecular formula is C8H4BrN3. The molecule has 0 aliphatic carbocycles. The quantitative estimate of drug-likeness (QED) is 0.585. The van der Waals surface area contributed by atoms with Crippen LogP contribution < -0.4 is 5.32 Å². The molecule has 0 heterocycles. The molecule has 0 aromatic heterocycles. The van der Waals surface area contributed by atoms with Gasteiger partial charge in [0.15, 0.2) is 6.19 Å². The SMILES string of the molecule is N#CNc1ccc(C#N)c(Br)c1. The molecule has 0 amide bonds. The van der Waals surface area contributed by atoms with Crippen molar-refractivity contribution < 1.29 is 0 Å². The van der Waals surface area contributed by atoms with Crippen molar-refractivity contribution in [2.45, 2.75) is 0 Å². The highest BCUT2D eigenvalue weighted by Crippen LogP contribution is 2.20. The van der Waals surface area contributed by atoms with Crippen molar-refractivity contribution in [1.82, 2.24) is 0 Å². The van der Waals surface area contributed by atoms with Crippen LogP contribution in [0.3, 0.4) is 0 Å². The molecule has 12 heavy (non-hydrogen) atoms. The first-order chi connectivity index (χ1) is 5.77. The molecule has 0 spiro atoms. The van der Waals surface area contributed by atoms with E-state index in [9.17, 15) is 0 Å². The Labute approximate surface area is 78.4 Å². The normalized spacial score (nSPS) is 8.25. The van der Waals surface area contributed by atoms with E-state index in [4.69, 9.17) is 10.5 Å². The third kappa shape index (κ3) is 1.75. The number of benzene rings is 1. The van der Waals surface area contributed by atoms with Gasteiger partial charge in [0.2, 0.25) is 0 Å². The molecule has 0 aliphatic rings. The molecule has 1 rings (SSSR count). The van der Waals surface area contributed by atoms with Crippen LogP contribution in [-0.2, 0) is 0 Å². The minimum atomic E-state index is 0.554. The molecule has 58 valence electrons. The summed E-state index contributed by atoms with van der Waals surface area (Å²) in [5, 5.41) is 19.3. The summed E-state index contributed by atoms with van der Waals surface area (Å²) < 4.78 is 0.685. The van der Waals surface area contributed by atoms with E-state index in [0.717, 1.165) is 0 Å². The summed E-state index contributed by atoms with van der Waals surface area (Å²) in [6.45, 7) is 0. The van der Waals surface area contributed by atoms with E-state index in [-0.39, 0.29) is 0 Å². The van der Waals surface area contributed by atoms with Gasteiger partial charge >= 0.3 is 0 Å². The lowest BCUT2D eigenvalue weighted by atomic mass is 10.2. The first kappa shape index (κ1) is 8.58. The second-order valence-electron chi connectivity index (χ2n) is 2.04. The van der Waals surface area contributed by atoms with Gasteiger partial charge in [0.1, 0.15) is 6.07 Å². The zero-order valence-corrected chi connectivity index (χ0v) is 7.59. The monoisotopic (exact) mass is 221 g/mol. The van der Waals surface area contributed by atoms with Gasteiger partial charge in [-0.1, -0.05) is 0 Å². The lowest BCUT2D eigenvalue weighted by Crippen LogP contribution is -1.87. The van der Waals surface area contributed by atoms with Crippen LogP contribution >= 0.6 is 15.9 Å². The van der Waals surface area contributed by atoms with Crippen molar-refractivity contribution in [3.05, 3.63) is 28.2 Å². The zero-order chi connectivity index (χ0) is 8.97. The van der Waals surface area contributed by atoms with Gasteiger partial charge in [-0.05, 0) is 34.1 Å². The van der Waals surface area contributed by atoms with Gasteiger partial charge in [0.25, 0.3) is 0 Å². The molecule has 0 radical (unpaired) electrons. The first-order valence-electron chi connectivity index (χ1n) is 3.12. The third-order valence-corrected chi connectivity index (χ3v) is 1.95. The summed E-state index contributed by atoms with van der Waals surface area (Å²) in [5.41, 5.74) is 1.22. The second-order valence-corrected chi connectivity index (χ2v) is 2.90. The largest absolute Gasteiger partial charge is 0.293 e. The molecule has 1 aromatic rings. The van der Waals surface area contributed by atoms with E-state index in [1.54, 1.807) is 24.4 Å². The van der Waals surface area contributed by atoms with Crippen molar-refractivity contribution in [2.75, 3.05) is 5.32 Å². The molecule has 0 saturated heterocycles.